The molecule has 278 valence electrons. The molecule has 0 atom stereocenters. The van der Waals surface area contributed by atoms with Gasteiger partial charge in [0.25, 0.3) is 0 Å². The molecular weight excluding hydrogens is 701 g/mol. The minimum atomic E-state index is -0.161. The van der Waals surface area contributed by atoms with Crippen LogP contribution in [0.25, 0.3) is 56.4 Å². The van der Waals surface area contributed by atoms with Crippen molar-refractivity contribution in [3.05, 3.63) is 191 Å². The maximum atomic E-state index is 5.02. The lowest BCUT2D eigenvalue weighted by Gasteiger charge is -2.52. The Morgan fingerprint density at radius 3 is 1.05 bits per heavy atom. The Labute approximate surface area is 342 Å². The van der Waals surface area contributed by atoms with E-state index in [9.17, 15) is 0 Å². The molecule has 0 N–H and O–H groups in total. The Morgan fingerprint density at radius 1 is 0.293 bits per heavy atom. The van der Waals surface area contributed by atoms with Crippen molar-refractivity contribution in [2.45, 2.75) is 57.8 Å². The number of benzene rings is 7. The molecule has 11 rings (SSSR count). The first-order chi connectivity index (χ1) is 28.0. The second-order valence-electron chi connectivity index (χ2n) is 18.0. The maximum Gasteiger partial charge on any atom is 0.243 e. The third-order valence-electron chi connectivity index (χ3n) is 13.6. The monoisotopic (exact) mass is 745 g/mol. The highest BCUT2D eigenvalue weighted by Crippen LogP contribution is 2.47. The van der Waals surface area contributed by atoms with E-state index in [-0.39, 0.29) is 23.0 Å². The first-order valence-electron chi connectivity index (χ1n) is 20.6. The highest BCUT2D eigenvalue weighted by molar-refractivity contribution is 6.98. The van der Waals surface area contributed by atoms with Gasteiger partial charge in [0.15, 0.2) is 17.5 Å². The van der Waals surface area contributed by atoms with Crippen LogP contribution in [0.1, 0.15) is 74.9 Å². The molecule has 0 fully saturated rings. The highest BCUT2D eigenvalue weighted by Gasteiger charge is 2.54. The van der Waals surface area contributed by atoms with Gasteiger partial charge >= 0.3 is 0 Å². The molecule has 58 heavy (non-hydrogen) atoms. The summed E-state index contributed by atoms with van der Waals surface area (Å²) in [7, 11) is 0. The second-order valence-corrected chi connectivity index (χ2v) is 18.0. The molecule has 0 radical (unpaired) electrons. The van der Waals surface area contributed by atoms with Crippen LogP contribution < -0.4 is 16.4 Å². The predicted molar refractivity (Wildman–Crippen MR) is 241 cm³/mol. The molecule has 3 aliphatic rings. The molecule has 4 heteroatoms. The lowest BCUT2D eigenvalue weighted by Crippen LogP contribution is -2.71. The van der Waals surface area contributed by atoms with Crippen LogP contribution in [-0.2, 0) is 16.2 Å². The number of aromatic nitrogens is 3. The molecule has 3 aliphatic heterocycles. The fourth-order valence-corrected chi connectivity index (χ4v) is 10.6. The zero-order valence-electron chi connectivity index (χ0n) is 33.9. The van der Waals surface area contributed by atoms with Gasteiger partial charge in [-0.15, -0.1) is 0 Å². The van der Waals surface area contributed by atoms with Crippen LogP contribution in [0.15, 0.2) is 158 Å². The largest absolute Gasteiger partial charge is 0.243 e. The molecule has 8 aromatic rings. The van der Waals surface area contributed by atoms with Gasteiger partial charge in [-0.3, -0.25) is 0 Å². The normalized spacial score (nSPS) is 15.8. The van der Waals surface area contributed by atoms with Crippen molar-refractivity contribution in [1.82, 2.24) is 15.0 Å². The molecule has 3 nitrogen and oxygen atoms in total. The molecule has 7 aromatic carbocycles. The van der Waals surface area contributed by atoms with E-state index in [4.69, 9.17) is 15.0 Å². The number of hydrogen-bond acceptors (Lipinski definition) is 3. The van der Waals surface area contributed by atoms with Gasteiger partial charge in [-0.25, -0.2) is 15.0 Å². The summed E-state index contributed by atoms with van der Waals surface area (Å²) in [6, 6.07) is 57.3. The molecule has 4 heterocycles. The second kappa shape index (κ2) is 12.3. The van der Waals surface area contributed by atoms with Gasteiger partial charge in [0.1, 0.15) is 0 Å². The fourth-order valence-electron chi connectivity index (χ4n) is 10.6. The van der Waals surface area contributed by atoms with E-state index in [1.54, 1.807) is 10.9 Å². The van der Waals surface area contributed by atoms with Crippen LogP contribution in [-0.4, -0.2) is 21.7 Å². The van der Waals surface area contributed by atoms with Crippen LogP contribution >= 0.6 is 0 Å². The van der Waals surface area contributed by atoms with Crippen molar-refractivity contribution in [1.29, 1.82) is 0 Å². The predicted octanol–water partition coefficient (Wildman–Crippen LogP) is 10.6. The first kappa shape index (κ1) is 34.8. The van der Waals surface area contributed by atoms with E-state index in [0.717, 1.165) is 27.8 Å². The van der Waals surface area contributed by atoms with Crippen molar-refractivity contribution in [3.63, 3.8) is 0 Å². The standard InChI is InChI=1S/C54H44BN3/c1-52(2)40-25-15-27-42-46(40)55-47-41(52)26-16-28-43(47)54(5,6)45-32-39(31-44(48(45)55)53(42,3)4)37-23-13-21-35(29-37)36-22-14-24-38(30-36)51-57-49(33-17-9-7-10-18-33)56-50(58-51)34-19-11-8-12-20-34/h7-32H,1-6H3. The van der Waals surface area contributed by atoms with Crippen LogP contribution in [0.3, 0.4) is 0 Å². The van der Waals surface area contributed by atoms with E-state index < -0.39 is 0 Å². The smallest absolute Gasteiger partial charge is 0.208 e. The Morgan fingerprint density at radius 2 is 0.603 bits per heavy atom. The SMILES string of the molecule is CC1(C)c2cccc3c2B2c4c1cccc4C(C)(C)c1cc(-c4cccc(-c5cccc(-c6nc(-c7ccccc7)nc(-c7ccccc7)n6)c5)c4)cc(c12)C3(C)C. The number of rotatable bonds is 5. The zero-order valence-corrected chi connectivity index (χ0v) is 33.9. The molecule has 0 spiro atoms. The summed E-state index contributed by atoms with van der Waals surface area (Å²) in [6.07, 6.45) is 0. The van der Waals surface area contributed by atoms with Crippen LogP contribution in [0.4, 0.5) is 0 Å². The Hall–Kier alpha value is -6.39. The Balaban J connectivity index is 1.05. The minimum Gasteiger partial charge on any atom is -0.208 e. The number of hydrogen-bond donors (Lipinski definition) is 0. The van der Waals surface area contributed by atoms with Crippen molar-refractivity contribution in [3.8, 4) is 56.4 Å². The molecular formula is C54H44BN3. The molecule has 1 aromatic heterocycles. The van der Waals surface area contributed by atoms with Gasteiger partial charge < -0.3 is 0 Å². The summed E-state index contributed by atoms with van der Waals surface area (Å²) in [4.78, 5) is 15.0. The molecule has 0 bridgehead atoms. The van der Waals surface area contributed by atoms with Gasteiger partial charge in [0.05, 0.1) is 0 Å². The van der Waals surface area contributed by atoms with Gasteiger partial charge in [-0.1, -0.05) is 204 Å². The highest BCUT2D eigenvalue weighted by atomic mass is 15.0. The van der Waals surface area contributed by atoms with Crippen LogP contribution in [0, 0.1) is 0 Å². The van der Waals surface area contributed by atoms with Gasteiger partial charge in [0.2, 0.25) is 6.71 Å². The summed E-state index contributed by atoms with van der Waals surface area (Å²) in [5.41, 5.74) is 20.7. The summed E-state index contributed by atoms with van der Waals surface area (Å²) >= 11 is 0. The molecule has 0 amide bonds. The third kappa shape index (κ3) is 4.97. The van der Waals surface area contributed by atoms with Gasteiger partial charge in [0, 0.05) is 32.9 Å². The summed E-state index contributed by atoms with van der Waals surface area (Å²) in [5.74, 6) is 1.98. The van der Waals surface area contributed by atoms with E-state index >= 15 is 0 Å². The zero-order chi connectivity index (χ0) is 39.6. The van der Waals surface area contributed by atoms with E-state index in [2.05, 4.69) is 163 Å². The average Bonchev–Trinajstić information content (AvgIpc) is 3.26. The quantitative estimate of drug-likeness (QED) is 0.165. The average molecular weight is 746 g/mol. The van der Waals surface area contributed by atoms with Crippen molar-refractivity contribution >= 4 is 23.1 Å². The lowest BCUT2D eigenvalue weighted by atomic mass is 9.23. The Kier molecular flexibility index (Phi) is 7.39. The van der Waals surface area contributed by atoms with E-state index in [1.165, 1.54) is 50.0 Å². The fraction of sp³-hybridized carbons (Fsp3) is 0.167. The summed E-state index contributed by atoms with van der Waals surface area (Å²) in [5, 5.41) is 0. The van der Waals surface area contributed by atoms with Gasteiger partial charge in [-0.05, 0) is 67.8 Å². The van der Waals surface area contributed by atoms with Crippen molar-refractivity contribution in [2.75, 3.05) is 0 Å². The van der Waals surface area contributed by atoms with Gasteiger partial charge in [-0.2, -0.15) is 0 Å². The molecule has 0 aliphatic carbocycles. The van der Waals surface area contributed by atoms with Crippen LogP contribution in [0.5, 0.6) is 0 Å². The van der Waals surface area contributed by atoms with Crippen LogP contribution in [0.2, 0.25) is 0 Å². The van der Waals surface area contributed by atoms with E-state index in [0.29, 0.717) is 17.5 Å². The maximum absolute atomic E-state index is 5.02. The van der Waals surface area contributed by atoms with Crippen molar-refractivity contribution < 1.29 is 0 Å². The third-order valence-corrected chi connectivity index (χ3v) is 13.6. The minimum absolute atomic E-state index is 0.0655. The topological polar surface area (TPSA) is 38.7 Å². The summed E-state index contributed by atoms with van der Waals surface area (Å²) in [6.45, 7) is 14.9. The van der Waals surface area contributed by atoms with E-state index in [1.807, 2.05) is 36.4 Å². The summed E-state index contributed by atoms with van der Waals surface area (Å²) < 4.78 is 0. The Bertz CT molecular complexity index is 2830. The molecule has 0 unspecified atom stereocenters. The molecule has 0 saturated carbocycles. The number of nitrogens with zero attached hydrogens (tertiary/aromatic N) is 3. The van der Waals surface area contributed by atoms with Crippen molar-refractivity contribution in [2.24, 2.45) is 0 Å². The molecule has 0 saturated heterocycles. The first-order valence-corrected chi connectivity index (χ1v) is 20.6. The lowest BCUT2D eigenvalue weighted by molar-refractivity contribution is 0.599.